The highest BCUT2D eigenvalue weighted by molar-refractivity contribution is 7.98. The first-order chi connectivity index (χ1) is 19.4. The number of hydrogen-bond donors (Lipinski definition) is 0. The van der Waals surface area contributed by atoms with Crippen molar-refractivity contribution < 1.29 is 17.9 Å². The first-order valence-electron chi connectivity index (χ1n) is 13.5. The van der Waals surface area contributed by atoms with E-state index in [0.29, 0.717) is 49.5 Å². The quantitative estimate of drug-likeness (QED) is 0.146. The minimum Gasteiger partial charge on any atom is -0.493 e. The molecule has 1 unspecified atom stereocenters. The summed E-state index contributed by atoms with van der Waals surface area (Å²) in [6.45, 7) is 3.92. The molecule has 1 atom stereocenters. The average Bonchev–Trinajstić information content (AvgIpc) is 2.97. The number of rotatable bonds is 13. The Morgan fingerprint density at radius 2 is 1.85 bits per heavy atom. The molecule has 1 aliphatic rings. The van der Waals surface area contributed by atoms with Gasteiger partial charge in [0.25, 0.3) is 6.43 Å². The third-order valence-corrected chi connectivity index (χ3v) is 8.51. The standard InChI is InChI=1S/C33H35ClF3NOS/c1-23-30(35)19-27(20-31(23)40-2)39-18-10-17-38(21-26-15-9-16-28(32(26)34)33(36)37)22-29(24-11-5-3-6-12-24)25-13-7-4-8-14-25/h3,5-7,9,11-16,19-20,29,33H,4,8,10,17-18,21-22H2,1-2H3. The molecule has 0 amide bonds. The first kappa shape index (κ1) is 30.3. The number of allylic oxidation sites excluding steroid dienone is 3. The lowest BCUT2D eigenvalue weighted by atomic mass is 9.87. The third kappa shape index (κ3) is 7.96. The number of nitrogens with zero attached hydrogens (tertiary/aromatic N) is 1. The van der Waals surface area contributed by atoms with Gasteiger partial charge in [0.2, 0.25) is 0 Å². The molecule has 2 nitrogen and oxygen atoms in total. The molecular formula is C33H35ClF3NOS. The summed E-state index contributed by atoms with van der Waals surface area (Å²) >= 11 is 7.94. The normalized spacial score (nSPS) is 14.1. The highest BCUT2D eigenvalue weighted by Crippen LogP contribution is 2.33. The van der Waals surface area contributed by atoms with Crippen LogP contribution in [-0.2, 0) is 6.54 Å². The van der Waals surface area contributed by atoms with Gasteiger partial charge in [-0.15, -0.1) is 11.8 Å². The van der Waals surface area contributed by atoms with E-state index in [1.54, 1.807) is 13.0 Å². The van der Waals surface area contributed by atoms with Crippen LogP contribution in [0.4, 0.5) is 13.2 Å². The molecule has 3 aromatic rings. The lowest BCUT2D eigenvalue weighted by Crippen LogP contribution is -2.31. The molecule has 0 saturated carbocycles. The summed E-state index contributed by atoms with van der Waals surface area (Å²) in [5.41, 5.74) is 3.60. The number of thioether (sulfide) groups is 1. The Kier molecular flexibility index (Phi) is 11.2. The molecule has 0 heterocycles. The van der Waals surface area contributed by atoms with Gasteiger partial charge in [-0.05, 0) is 60.8 Å². The van der Waals surface area contributed by atoms with Gasteiger partial charge in [-0.25, -0.2) is 13.2 Å². The van der Waals surface area contributed by atoms with Crippen molar-refractivity contribution in [2.75, 3.05) is 26.0 Å². The van der Waals surface area contributed by atoms with Crippen LogP contribution in [0.25, 0.3) is 0 Å². The molecule has 0 aliphatic heterocycles. The van der Waals surface area contributed by atoms with Crippen molar-refractivity contribution in [2.45, 2.75) is 50.0 Å². The minimum absolute atomic E-state index is 0.117. The molecule has 0 aromatic heterocycles. The first-order valence-corrected chi connectivity index (χ1v) is 15.1. The molecule has 0 saturated heterocycles. The topological polar surface area (TPSA) is 12.5 Å². The van der Waals surface area contributed by atoms with Crippen LogP contribution in [0.15, 0.2) is 89.4 Å². The van der Waals surface area contributed by atoms with Gasteiger partial charge in [0.15, 0.2) is 0 Å². The number of ether oxygens (including phenoxy) is 1. The van der Waals surface area contributed by atoms with E-state index in [2.05, 4.69) is 35.3 Å². The Balaban J connectivity index is 1.54. The number of benzene rings is 3. The van der Waals surface area contributed by atoms with E-state index in [1.807, 2.05) is 36.6 Å². The second-order valence-corrected chi connectivity index (χ2v) is 11.2. The van der Waals surface area contributed by atoms with Crippen molar-refractivity contribution in [2.24, 2.45) is 0 Å². The fourth-order valence-corrected chi connectivity index (χ4v) is 5.91. The summed E-state index contributed by atoms with van der Waals surface area (Å²) in [5, 5.41) is 0.117. The van der Waals surface area contributed by atoms with Crippen LogP contribution in [-0.4, -0.2) is 30.9 Å². The van der Waals surface area contributed by atoms with Gasteiger partial charge in [0.1, 0.15) is 11.6 Å². The number of halogens is 4. The zero-order valence-corrected chi connectivity index (χ0v) is 24.5. The smallest absolute Gasteiger partial charge is 0.265 e. The summed E-state index contributed by atoms with van der Waals surface area (Å²) in [6.07, 6.45) is 8.67. The number of alkyl halides is 2. The van der Waals surface area contributed by atoms with Gasteiger partial charge in [0, 0.05) is 42.1 Å². The molecular weight excluding hydrogens is 551 g/mol. The lowest BCUT2D eigenvalue weighted by molar-refractivity contribution is 0.151. The second-order valence-electron chi connectivity index (χ2n) is 9.94. The predicted octanol–water partition coefficient (Wildman–Crippen LogP) is 9.78. The van der Waals surface area contributed by atoms with E-state index >= 15 is 0 Å². The maximum atomic E-state index is 14.3. The van der Waals surface area contributed by atoms with E-state index in [4.69, 9.17) is 16.3 Å². The van der Waals surface area contributed by atoms with Gasteiger partial charge in [-0.3, -0.25) is 4.90 Å². The van der Waals surface area contributed by atoms with Crippen molar-refractivity contribution >= 4 is 23.4 Å². The van der Waals surface area contributed by atoms with Crippen LogP contribution in [0.3, 0.4) is 0 Å². The van der Waals surface area contributed by atoms with E-state index < -0.39 is 6.43 Å². The zero-order chi connectivity index (χ0) is 28.5. The molecule has 1 aliphatic carbocycles. The van der Waals surface area contributed by atoms with E-state index in [1.165, 1.54) is 35.0 Å². The van der Waals surface area contributed by atoms with Crippen molar-refractivity contribution in [3.8, 4) is 5.75 Å². The van der Waals surface area contributed by atoms with Crippen molar-refractivity contribution in [3.05, 3.63) is 118 Å². The largest absolute Gasteiger partial charge is 0.493 e. The lowest BCUT2D eigenvalue weighted by Gasteiger charge is -2.30. The molecule has 0 radical (unpaired) electrons. The Labute approximate surface area is 244 Å². The molecule has 0 fully saturated rings. The summed E-state index contributed by atoms with van der Waals surface area (Å²) in [4.78, 5) is 3.11. The van der Waals surface area contributed by atoms with Crippen molar-refractivity contribution in [1.82, 2.24) is 4.90 Å². The van der Waals surface area contributed by atoms with Crippen LogP contribution in [0.1, 0.15) is 53.9 Å². The van der Waals surface area contributed by atoms with Crippen LogP contribution < -0.4 is 4.74 Å². The van der Waals surface area contributed by atoms with Crippen LogP contribution in [0.2, 0.25) is 5.02 Å². The fourth-order valence-electron chi connectivity index (χ4n) is 5.01. The molecule has 3 aromatic carbocycles. The average molecular weight is 586 g/mol. The Hall–Kier alpha value is -2.67. The van der Waals surface area contributed by atoms with Crippen molar-refractivity contribution in [1.29, 1.82) is 0 Å². The van der Waals surface area contributed by atoms with Gasteiger partial charge in [-0.1, -0.05) is 78.4 Å². The van der Waals surface area contributed by atoms with E-state index in [9.17, 15) is 13.2 Å². The summed E-state index contributed by atoms with van der Waals surface area (Å²) in [5.74, 6) is 0.342. The number of hydrogen-bond acceptors (Lipinski definition) is 3. The summed E-state index contributed by atoms with van der Waals surface area (Å²) < 4.78 is 47.4. The minimum atomic E-state index is -2.63. The molecule has 0 spiro atoms. The molecule has 0 N–H and O–H groups in total. The molecule has 212 valence electrons. The van der Waals surface area contributed by atoms with Gasteiger partial charge >= 0.3 is 0 Å². The monoisotopic (exact) mass is 585 g/mol. The van der Waals surface area contributed by atoms with E-state index in [-0.39, 0.29) is 22.3 Å². The Morgan fingerprint density at radius 3 is 2.55 bits per heavy atom. The zero-order valence-electron chi connectivity index (χ0n) is 22.9. The van der Waals surface area contributed by atoms with Gasteiger partial charge < -0.3 is 4.74 Å². The fraction of sp³-hybridized carbons (Fsp3) is 0.333. The van der Waals surface area contributed by atoms with Crippen LogP contribution in [0.5, 0.6) is 5.75 Å². The van der Waals surface area contributed by atoms with E-state index in [0.717, 1.165) is 17.7 Å². The SMILES string of the molecule is CSc1cc(OCCCN(Cc2cccc(C(F)F)c2Cl)CC(C2=CCCC=C2)c2ccccc2)cc(F)c1C. The third-order valence-electron chi connectivity index (χ3n) is 7.18. The molecule has 4 rings (SSSR count). The molecule has 0 bridgehead atoms. The van der Waals surface area contributed by atoms with Crippen LogP contribution in [0, 0.1) is 12.7 Å². The van der Waals surface area contributed by atoms with Crippen molar-refractivity contribution in [3.63, 3.8) is 0 Å². The summed E-state index contributed by atoms with van der Waals surface area (Å²) in [6, 6.07) is 18.5. The second kappa shape index (κ2) is 14.8. The van der Waals surface area contributed by atoms with Gasteiger partial charge in [-0.2, -0.15) is 0 Å². The summed E-state index contributed by atoms with van der Waals surface area (Å²) in [7, 11) is 0. The van der Waals surface area contributed by atoms with Crippen LogP contribution >= 0.6 is 23.4 Å². The predicted molar refractivity (Wildman–Crippen MR) is 160 cm³/mol. The Morgan fingerprint density at radius 1 is 1.05 bits per heavy atom. The molecule has 40 heavy (non-hydrogen) atoms. The highest BCUT2D eigenvalue weighted by atomic mass is 35.5. The Bertz CT molecular complexity index is 1330. The molecule has 7 heteroatoms. The van der Waals surface area contributed by atoms with Gasteiger partial charge in [0.05, 0.1) is 11.6 Å². The highest BCUT2D eigenvalue weighted by Gasteiger charge is 2.22. The maximum absolute atomic E-state index is 14.3. The maximum Gasteiger partial charge on any atom is 0.265 e.